The van der Waals surface area contributed by atoms with E-state index in [2.05, 4.69) is 9.68 Å². The molecule has 1 N–H and O–H groups in total. The van der Waals surface area contributed by atoms with Crippen LogP contribution in [0, 0.1) is 12.7 Å². The fourth-order valence-electron chi connectivity index (χ4n) is 1.74. The van der Waals surface area contributed by atoms with E-state index in [4.69, 9.17) is 5.11 Å². The topological polar surface area (TPSA) is 63.3 Å². The van der Waals surface area contributed by atoms with Gasteiger partial charge in [-0.1, -0.05) is 11.2 Å². The summed E-state index contributed by atoms with van der Waals surface area (Å²) in [5.74, 6) is -3.17. The molecule has 0 atom stereocenters. The Labute approximate surface area is 109 Å². The molecule has 2 aromatic rings. The fourth-order valence-corrected chi connectivity index (χ4v) is 1.74. The Kier molecular flexibility index (Phi) is 3.24. The van der Waals surface area contributed by atoms with Gasteiger partial charge in [-0.25, -0.2) is 9.18 Å². The highest BCUT2D eigenvalue weighted by molar-refractivity contribution is 5.95. The van der Waals surface area contributed by atoms with Crippen LogP contribution in [0.3, 0.4) is 0 Å². The molecule has 0 radical (unpaired) electrons. The minimum Gasteiger partial charge on any atom is -0.477 e. The zero-order chi connectivity index (χ0) is 15.1. The largest absolute Gasteiger partial charge is 0.477 e. The standard InChI is InChI=1S/C12H7F4NO3/c1-5-8(11(18)19)10(17-20-5)6-3-2-4-7(9(6)13)12(14,15)16/h2-4H,1H3,(H,18,19). The molecule has 0 spiro atoms. The molecule has 1 aromatic heterocycles. The second-order valence-corrected chi connectivity index (χ2v) is 3.93. The Balaban J connectivity index is 2.69. The summed E-state index contributed by atoms with van der Waals surface area (Å²) in [4.78, 5) is 11.0. The van der Waals surface area contributed by atoms with E-state index < -0.39 is 40.3 Å². The number of carbonyl (C=O) groups is 1. The number of aromatic carboxylic acids is 1. The summed E-state index contributed by atoms with van der Waals surface area (Å²) >= 11 is 0. The van der Waals surface area contributed by atoms with Crippen molar-refractivity contribution < 1.29 is 32.0 Å². The van der Waals surface area contributed by atoms with Crippen molar-refractivity contribution >= 4 is 5.97 Å². The van der Waals surface area contributed by atoms with E-state index in [0.29, 0.717) is 6.07 Å². The van der Waals surface area contributed by atoms with Gasteiger partial charge in [0.05, 0.1) is 5.56 Å². The number of nitrogens with zero attached hydrogens (tertiary/aromatic N) is 1. The van der Waals surface area contributed by atoms with Crippen LogP contribution in [-0.2, 0) is 6.18 Å². The maximum atomic E-state index is 13.9. The van der Waals surface area contributed by atoms with E-state index in [1.165, 1.54) is 6.92 Å². The van der Waals surface area contributed by atoms with Crippen molar-refractivity contribution in [1.82, 2.24) is 5.16 Å². The van der Waals surface area contributed by atoms with Crippen molar-refractivity contribution in [2.45, 2.75) is 13.1 Å². The van der Waals surface area contributed by atoms with E-state index in [1.54, 1.807) is 0 Å². The molecule has 0 aliphatic rings. The van der Waals surface area contributed by atoms with Crippen LogP contribution in [0.1, 0.15) is 21.7 Å². The van der Waals surface area contributed by atoms with E-state index in [0.717, 1.165) is 12.1 Å². The van der Waals surface area contributed by atoms with Gasteiger partial charge in [0.2, 0.25) is 0 Å². The molecule has 0 saturated heterocycles. The number of alkyl halides is 3. The maximum absolute atomic E-state index is 13.9. The molecular formula is C12H7F4NO3. The van der Waals surface area contributed by atoms with E-state index in [1.807, 2.05) is 0 Å². The van der Waals surface area contributed by atoms with Gasteiger partial charge in [0.1, 0.15) is 22.8 Å². The smallest absolute Gasteiger partial charge is 0.419 e. The third-order valence-electron chi connectivity index (χ3n) is 2.64. The molecule has 106 valence electrons. The summed E-state index contributed by atoms with van der Waals surface area (Å²) in [6, 6.07) is 2.54. The van der Waals surface area contributed by atoms with Gasteiger partial charge >= 0.3 is 12.1 Å². The van der Waals surface area contributed by atoms with Gasteiger partial charge in [-0.15, -0.1) is 0 Å². The van der Waals surface area contributed by atoms with Gasteiger partial charge in [-0.05, 0) is 19.1 Å². The predicted octanol–water partition coefficient (Wildman–Crippen LogP) is 3.51. The van der Waals surface area contributed by atoms with Crippen molar-refractivity contribution in [2.75, 3.05) is 0 Å². The van der Waals surface area contributed by atoms with Crippen molar-refractivity contribution in [3.8, 4) is 11.3 Å². The first-order valence-electron chi connectivity index (χ1n) is 5.29. The lowest BCUT2D eigenvalue weighted by Gasteiger charge is -2.10. The molecule has 0 aliphatic carbocycles. The molecule has 2 rings (SSSR count). The molecule has 0 aliphatic heterocycles. The van der Waals surface area contributed by atoms with Crippen LogP contribution >= 0.6 is 0 Å². The van der Waals surface area contributed by atoms with Crippen LogP contribution in [0.2, 0.25) is 0 Å². The Bertz CT molecular complexity index is 676. The van der Waals surface area contributed by atoms with Gasteiger partial charge in [0.25, 0.3) is 0 Å². The summed E-state index contributed by atoms with van der Waals surface area (Å²) in [5, 5.41) is 12.3. The minimum atomic E-state index is -4.89. The first kappa shape index (κ1) is 14.0. The molecule has 1 heterocycles. The lowest BCUT2D eigenvalue weighted by molar-refractivity contribution is -0.139. The normalized spacial score (nSPS) is 11.7. The number of hydrogen-bond acceptors (Lipinski definition) is 3. The van der Waals surface area contributed by atoms with Crippen LogP contribution < -0.4 is 0 Å². The molecule has 0 amide bonds. The molecule has 0 unspecified atom stereocenters. The predicted molar refractivity (Wildman–Crippen MR) is 58.6 cm³/mol. The molecule has 0 saturated carbocycles. The molecule has 20 heavy (non-hydrogen) atoms. The van der Waals surface area contributed by atoms with Crippen LogP contribution in [0.4, 0.5) is 17.6 Å². The second-order valence-electron chi connectivity index (χ2n) is 3.93. The Morgan fingerprint density at radius 3 is 2.55 bits per heavy atom. The number of hydrogen-bond donors (Lipinski definition) is 1. The first-order valence-corrected chi connectivity index (χ1v) is 5.29. The van der Waals surface area contributed by atoms with Crippen LogP contribution in [0.25, 0.3) is 11.3 Å². The lowest BCUT2D eigenvalue weighted by Crippen LogP contribution is -2.09. The summed E-state index contributed by atoms with van der Waals surface area (Å²) in [7, 11) is 0. The zero-order valence-corrected chi connectivity index (χ0v) is 9.95. The van der Waals surface area contributed by atoms with Crippen LogP contribution in [0.5, 0.6) is 0 Å². The highest BCUT2D eigenvalue weighted by atomic mass is 19.4. The molecule has 8 heteroatoms. The molecule has 0 fully saturated rings. The molecule has 0 bridgehead atoms. The van der Waals surface area contributed by atoms with E-state index >= 15 is 0 Å². The Morgan fingerprint density at radius 2 is 2.00 bits per heavy atom. The van der Waals surface area contributed by atoms with Crippen molar-refractivity contribution in [1.29, 1.82) is 0 Å². The average Bonchev–Trinajstić information content (AvgIpc) is 2.69. The van der Waals surface area contributed by atoms with Crippen LogP contribution in [0.15, 0.2) is 22.7 Å². The number of aromatic nitrogens is 1. The van der Waals surface area contributed by atoms with E-state index in [9.17, 15) is 22.4 Å². The third kappa shape index (κ3) is 2.24. The van der Waals surface area contributed by atoms with Crippen molar-refractivity contribution in [3.63, 3.8) is 0 Å². The van der Waals surface area contributed by atoms with Crippen LogP contribution in [-0.4, -0.2) is 16.2 Å². The maximum Gasteiger partial charge on any atom is 0.419 e. The van der Waals surface area contributed by atoms with Gasteiger partial charge in [0.15, 0.2) is 0 Å². The number of halogens is 4. The molecule has 4 nitrogen and oxygen atoms in total. The van der Waals surface area contributed by atoms with E-state index in [-0.39, 0.29) is 5.76 Å². The Morgan fingerprint density at radius 1 is 1.35 bits per heavy atom. The van der Waals surface area contributed by atoms with Crippen molar-refractivity contribution in [2.24, 2.45) is 0 Å². The Hall–Kier alpha value is -2.38. The summed E-state index contributed by atoms with van der Waals surface area (Å²) in [6.07, 6.45) is -4.89. The van der Waals surface area contributed by atoms with Gasteiger partial charge in [-0.3, -0.25) is 0 Å². The van der Waals surface area contributed by atoms with Crippen molar-refractivity contribution in [3.05, 3.63) is 40.9 Å². The lowest BCUT2D eigenvalue weighted by atomic mass is 10.0. The summed E-state index contributed by atoms with van der Waals surface area (Å²) < 4.78 is 56.4. The van der Waals surface area contributed by atoms with Gasteiger partial charge in [0, 0.05) is 5.56 Å². The zero-order valence-electron chi connectivity index (χ0n) is 9.95. The second kappa shape index (κ2) is 4.62. The SMILES string of the molecule is Cc1onc(-c2cccc(C(F)(F)F)c2F)c1C(=O)O. The monoisotopic (exact) mass is 289 g/mol. The fraction of sp³-hybridized carbons (Fsp3) is 0.167. The number of rotatable bonds is 2. The first-order chi connectivity index (χ1) is 9.23. The molecule has 1 aromatic carbocycles. The quantitative estimate of drug-likeness (QED) is 0.859. The van der Waals surface area contributed by atoms with Gasteiger partial charge in [-0.2, -0.15) is 13.2 Å². The number of carboxylic acid groups (broad SMARTS) is 1. The highest BCUT2D eigenvalue weighted by Crippen LogP contribution is 2.36. The number of benzene rings is 1. The number of aryl methyl sites for hydroxylation is 1. The van der Waals surface area contributed by atoms with Gasteiger partial charge < -0.3 is 9.63 Å². The minimum absolute atomic E-state index is 0.121. The summed E-state index contributed by atoms with van der Waals surface area (Å²) in [6.45, 7) is 1.27. The molecular weight excluding hydrogens is 282 g/mol. The summed E-state index contributed by atoms with van der Waals surface area (Å²) in [5.41, 5.74) is -3.01. The highest BCUT2D eigenvalue weighted by Gasteiger charge is 2.36. The average molecular weight is 289 g/mol. The third-order valence-corrected chi connectivity index (χ3v) is 2.64. The number of carboxylic acids is 1.